The van der Waals surface area contributed by atoms with Gasteiger partial charge >= 0.3 is 6.18 Å². The Morgan fingerprint density at radius 1 is 0.938 bits per heavy atom. The first-order valence-corrected chi connectivity index (χ1v) is 10.9. The molecule has 2 heterocycles. The second-order valence-electron chi connectivity index (χ2n) is 7.11. The number of halogens is 5. The molecule has 0 aliphatic carbocycles. The highest BCUT2D eigenvalue weighted by molar-refractivity contribution is 5.57. The van der Waals surface area contributed by atoms with Gasteiger partial charge in [0, 0.05) is 37.1 Å². The molecule has 32 heavy (non-hydrogen) atoms. The van der Waals surface area contributed by atoms with Gasteiger partial charge in [0.25, 0.3) is 6.43 Å². The largest absolute Gasteiger partial charge is 0.416 e. The van der Waals surface area contributed by atoms with Crippen LogP contribution in [0.25, 0.3) is 0 Å². The SMILES string of the molecule is CC.CN.CN1CCCc2ccc(C(F)(F)F)cc21.FC(F)c1ccc2c(c1)NCCC2. The molecule has 3 N–H and O–H groups in total. The average Bonchev–Trinajstić information content (AvgIpc) is 2.81. The van der Waals surface area contributed by atoms with Crippen molar-refractivity contribution in [2.75, 3.05) is 37.4 Å². The van der Waals surface area contributed by atoms with Crippen LogP contribution < -0.4 is 16.0 Å². The summed E-state index contributed by atoms with van der Waals surface area (Å²) < 4.78 is 62.0. The predicted molar refractivity (Wildman–Crippen MR) is 123 cm³/mol. The number of benzene rings is 2. The van der Waals surface area contributed by atoms with Crippen molar-refractivity contribution in [1.82, 2.24) is 0 Å². The van der Waals surface area contributed by atoms with Crippen LogP contribution in [0.15, 0.2) is 36.4 Å². The number of rotatable bonds is 1. The molecule has 0 unspecified atom stereocenters. The van der Waals surface area contributed by atoms with Crippen LogP contribution in [0.2, 0.25) is 0 Å². The minimum atomic E-state index is -4.24. The van der Waals surface area contributed by atoms with Crippen LogP contribution >= 0.6 is 0 Å². The van der Waals surface area contributed by atoms with Crippen LogP contribution in [-0.4, -0.2) is 27.2 Å². The molecule has 8 heteroatoms. The highest BCUT2D eigenvalue weighted by Gasteiger charge is 2.31. The van der Waals surface area contributed by atoms with Crippen molar-refractivity contribution in [2.24, 2.45) is 5.73 Å². The minimum absolute atomic E-state index is 0.105. The van der Waals surface area contributed by atoms with Crippen LogP contribution in [0, 0.1) is 0 Å². The van der Waals surface area contributed by atoms with Gasteiger partial charge < -0.3 is 16.0 Å². The highest BCUT2D eigenvalue weighted by Crippen LogP contribution is 2.35. The number of hydrogen-bond acceptors (Lipinski definition) is 3. The molecule has 0 aromatic heterocycles. The van der Waals surface area contributed by atoms with E-state index in [-0.39, 0.29) is 5.56 Å². The molecule has 0 fully saturated rings. The van der Waals surface area contributed by atoms with Gasteiger partial charge in [0.2, 0.25) is 0 Å². The Balaban J connectivity index is 0.000000279. The van der Waals surface area contributed by atoms with Gasteiger partial charge in [-0.25, -0.2) is 8.78 Å². The summed E-state index contributed by atoms with van der Waals surface area (Å²) in [6, 6.07) is 8.86. The standard InChI is InChI=1S/C11H12F3N.C10H11F2N.C2H6.CH5N/c1-15-6-2-3-8-4-5-9(7-10(8)15)11(12,13)14;11-10(12)8-4-3-7-2-1-5-13-9(7)6-8;2*1-2/h4-5,7H,2-3,6H2,1H3;3-4,6,10,13H,1-2,5H2;1-2H3;2H2,1H3. The molecule has 2 aromatic rings. The Labute approximate surface area is 187 Å². The van der Waals surface area contributed by atoms with Gasteiger partial charge in [-0.3, -0.25) is 0 Å². The van der Waals surface area contributed by atoms with Gasteiger partial charge in [-0.05, 0) is 62.1 Å². The van der Waals surface area contributed by atoms with Gasteiger partial charge in [-0.15, -0.1) is 0 Å². The average molecular weight is 460 g/mol. The lowest BCUT2D eigenvalue weighted by Crippen LogP contribution is -2.25. The molecule has 2 aromatic carbocycles. The van der Waals surface area contributed by atoms with E-state index >= 15 is 0 Å². The first kappa shape index (κ1) is 27.7. The maximum atomic E-state index is 12.5. The van der Waals surface area contributed by atoms with Crippen molar-refractivity contribution < 1.29 is 22.0 Å². The van der Waals surface area contributed by atoms with Crippen LogP contribution in [0.4, 0.5) is 33.3 Å². The van der Waals surface area contributed by atoms with Crippen LogP contribution in [0.1, 0.15) is 55.4 Å². The van der Waals surface area contributed by atoms with E-state index in [0.717, 1.165) is 67.3 Å². The summed E-state index contributed by atoms with van der Waals surface area (Å²) in [5, 5.41) is 3.12. The van der Waals surface area contributed by atoms with E-state index in [4.69, 9.17) is 0 Å². The van der Waals surface area contributed by atoms with Gasteiger partial charge in [0.1, 0.15) is 0 Å². The maximum Gasteiger partial charge on any atom is 0.416 e. The van der Waals surface area contributed by atoms with Crippen molar-refractivity contribution in [3.63, 3.8) is 0 Å². The number of aryl methyl sites for hydroxylation is 2. The molecule has 0 atom stereocenters. The third-order valence-electron chi connectivity index (χ3n) is 5.09. The lowest BCUT2D eigenvalue weighted by atomic mass is 10.00. The summed E-state index contributed by atoms with van der Waals surface area (Å²) in [6.07, 6.45) is -2.65. The van der Waals surface area contributed by atoms with E-state index in [2.05, 4.69) is 11.1 Å². The van der Waals surface area contributed by atoms with Crippen LogP contribution in [0.3, 0.4) is 0 Å². The molecule has 4 rings (SSSR count). The summed E-state index contributed by atoms with van der Waals surface area (Å²) in [6.45, 7) is 5.72. The van der Waals surface area contributed by atoms with Gasteiger partial charge in [-0.2, -0.15) is 13.2 Å². The molecule has 0 spiro atoms. The molecule has 2 aliphatic rings. The molecule has 180 valence electrons. The van der Waals surface area contributed by atoms with E-state index in [1.165, 1.54) is 19.2 Å². The fourth-order valence-electron chi connectivity index (χ4n) is 3.55. The van der Waals surface area contributed by atoms with Crippen LogP contribution in [-0.2, 0) is 19.0 Å². The molecule has 0 bridgehead atoms. The quantitative estimate of drug-likeness (QED) is 0.468. The molecule has 0 saturated carbocycles. The molecule has 3 nitrogen and oxygen atoms in total. The normalized spacial score (nSPS) is 14.3. The van der Waals surface area contributed by atoms with Crippen molar-refractivity contribution in [3.05, 3.63) is 58.7 Å². The number of nitrogens with zero attached hydrogens (tertiary/aromatic N) is 1. The summed E-state index contributed by atoms with van der Waals surface area (Å²) in [5.41, 5.74) is 7.80. The zero-order valence-electron chi connectivity index (χ0n) is 19.2. The minimum Gasteiger partial charge on any atom is -0.385 e. The summed E-state index contributed by atoms with van der Waals surface area (Å²) in [4.78, 5) is 1.88. The number of anilines is 2. The van der Waals surface area contributed by atoms with E-state index in [0.29, 0.717) is 0 Å². The van der Waals surface area contributed by atoms with E-state index in [9.17, 15) is 22.0 Å². The summed E-state index contributed by atoms with van der Waals surface area (Å²) >= 11 is 0. The van der Waals surface area contributed by atoms with Crippen molar-refractivity contribution in [2.45, 2.75) is 52.1 Å². The molecule has 0 amide bonds. The third-order valence-corrected chi connectivity index (χ3v) is 5.09. The van der Waals surface area contributed by atoms with Gasteiger partial charge in [0.15, 0.2) is 0 Å². The molecule has 0 radical (unpaired) electrons. The predicted octanol–water partition coefficient (Wildman–Crippen LogP) is 6.67. The Kier molecular flexibility index (Phi) is 11.5. The smallest absolute Gasteiger partial charge is 0.385 e. The van der Waals surface area contributed by atoms with Crippen molar-refractivity contribution >= 4 is 11.4 Å². The summed E-state index contributed by atoms with van der Waals surface area (Å²) in [5.74, 6) is 0. The zero-order valence-corrected chi connectivity index (χ0v) is 19.2. The second-order valence-corrected chi connectivity index (χ2v) is 7.11. The van der Waals surface area contributed by atoms with Crippen LogP contribution in [0.5, 0.6) is 0 Å². The van der Waals surface area contributed by atoms with Crippen molar-refractivity contribution in [3.8, 4) is 0 Å². The number of alkyl halides is 5. The number of nitrogens with one attached hydrogen (secondary N) is 1. The first-order valence-electron chi connectivity index (χ1n) is 10.9. The topological polar surface area (TPSA) is 41.3 Å². The van der Waals surface area contributed by atoms with Gasteiger partial charge in [-0.1, -0.05) is 32.0 Å². The summed E-state index contributed by atoms with van der Waals surface area (Å²) in [7, 11) is 3.33. The second kappa shape index (κ2) is 13.3. The maximum absolute atomic E-state index is 12.5. The first-order chi connectivity index (χ1) is 15.3. The van der Waals surface area contributed by atoms with Gasteiger partial charge in [0.05, 0.1) is 5.56 Å². The number of hydrogen-bond donors (Lipinski definition) is 2. The number of nitrogens with two attached hydrogens (primary N) is 1. The fraction of sp³-hybridized carbons (Fsp3) is 0.500. The monoisotopic (exact) mass is 459 g/mol. The molecule has 0 saturated heterocycles. The third kappa shape index (κ3) is 7.65. The lowest BCUT2D eigenvalue weighted by Gasteiger charge is -2.28. The Morgan fingerprint density at radius 2 is 1.56 bits per heavy atom. The van der Waals surface area contributed by atoms with E-state index in [1.54, 1.807) is 18.2 Å². The Bertz CT molecular complexity index is 822. The highest BCUT2D eigenvalue weighted by atomic mass is 19.4. The molecule has 2 aliphatic heterocycles. The fourth-order valence-corrected chi connectivity index (χ4v) is 3.55. The zero-order chi connectivity index (χ0) is 24.3. The number of fused-ring (bicyclic) bond motifs is 2. The van der Waals surface area contributed by atoms with Crippen molar-refractivity contribution in [1.29, 1.82) is 0 Å². The van der Waals surface area contributed by atoms with E-state index < -0.39 is 18.2 Å². The van der Waals surface area contributed by atoms with E-state index in [1.807, 2.05) is 25.8 Å². The Hall–Kier alpha value is -2.35. The Morgan fingerprint density at radius 3 is 2.19 bits per heavy atom. The molecular weight excluding hydrogens is 425 g/mol. The lowest BCUT2D eigenvalue weighted by molar-refractivity contribution is -0.137. The molecular formula is C24H34F5N3.